The maximum absolute atomic E-state index is 4.86. The Labute approximate surface area is 432 Å². The smallest absolute Gasteiger partial charge is 0.124 e. The summed E-state index contributed by atoms with van der Waals surface area (Å²) in [4.78, 5) is 11.8. The van der Waals surface area contributed by atoms with Gasteiger partial charge in [0.25, 0.3) is 0 Å². The third kappa shape index (κ3) is 11.3. The molecule has 0 saturated heterocycles. The van der Waals surface area contributed by atoms with Gasteiger partial charge in [-0.2, -0.15) is 0 Å². The van der Waals surface area contributed by atoms with Crippen LogP contribution in [0.2, 0.25) is 0 Å². The molecule has 0 aliphatic carbocycles. The van der Waals surface area contributed by atoms with Crippen LogP contribution >= 0.6 is 22.7 Å². The van der Waals surface area contributed by atoms with Crippen LogP contribution in [0.1, 0.15) is 38.9 Å². The zero-order valence-electron chi connectivity index (χ0n) is 40.9. The van der Waals surface area contributed by atoms with E-state index < -0.39 is 0 Å². The largest absolute Gasteiger partial charge is 0.310 e. The van der Waals surface area contributed by atoms with Crippen LogP contribution in [0.3, 0.4) is 0 Å². The van der Waals surface area contributed by atoms with Gasteiger partial charge in [0, 0.05) is 28.2 Å². The molecule has 0 aliphatic heterocycles. The minimum Gasteiger partial charge on any atom is -0.310 e. The lowest BCUT2D eigenvalue weighted by molar-refractivity contribution is 1.28. The Hall–Kier alpha value is -8.48. The van der Waals surface area contributed by atoms with Crippen molar-refractivity contribution >= 4 is 84.5 Å². The first-order chi connectivity index (χ1) is 35.2. The summed E-state index contributed by atoms with van der Waals surface area (Å²) in [6.07, 6.45) is 7.45. The number of anilines is 3. The van der Waals surface area contributed by atoms with E-state index in [4.69, 9.17) is 4.98 Å². The van der Waals surface area contributed by atoms with Gasteiger partial charge < -0.3 is 4.90 Å². The number of hydrogen-bond acceptors (Lipinski definition) is 5. The zero-order valence-corrected chi connectivity index (χ0v) is 42.6. The van der Waals surface area contributed by atoms with Gasteiger partial charge in [-0.25, -0.2) is 9.97 Å². The highest BCUT2D eigenvalue weighted by atomic mass is 32.1. The molecule has 0 spiro atoms. The Balaban J connectivity index is 0.000000191. The molecule has 0 N–H and O–H groups in total. The van der Waals surface area contributed by atoms with E-state index in [1.807, 2.05) is 36.4 Å². The van der Waals surface area contributed by atoms with Crippen molar-refractivity contribution in [3.8, 4) is 43.4 Å². The fourth-order valence-electron chi connectivity index (χ4n) is 8.41. The summed E-state index contributed by atoms with van der Waals surface area (Å²) in [7, 11) is 0. The molecule has 0 aliphatic rings. The molecule has 0 radical (unpaired) electrons. The third-order valence-electron chi connectivity index (χ3n) is 12.4. The highest BCUT2D eigenvalue weighted by molar-refractivity contribution is 7.22. The Morgan fingerprint density at radius 3 is 1.10 bits per heavy atom. The summed E-state index contributed by atoms with van der Waals surface area (Å²) < 4.78 is 2.44. The molecule has 11 aromatic rings. The lowest BCUT2D eigenvalue weighted by atomic mass is 9.99. The standard InChI is InChI=1S/C42H32N2S.C14H11NS.C11H12/c1-4-30-18-27-39(28-31(30)5-2)44(38-25-21-36(22-26-38)42-43-40-8-6-7-9-41(40)45-42)37-23-19-35(20-24-37)34-16-14-33(15-17-34)32-12-10-29(3)11-13-32;1-10-6-8-11(9-7-10)14-15-12-4-2-3-5-13(12)16-14;1-4-10-7-6-9(3)8-11(10)5-2/h4-28H,1-2H2,3H3;2-9H,1H3;4-8H,1-2H2,3H3. The Morgan fingerprint density at radius 2 is 0.667 bits per heavy atom. The summed E-state index contributed by atoms with van der Waals surface area (Å²) >= 11 is 3.47. The van der Waals surface area contributed by atoms with Crippen molar-refractivity contribution in [2.75, 3.05) is 4.90 Å². The van der Waals surface area contributed by atoms with Crippen molar-refractivity contribution in [2.24, 2.45) is 0 Å². The van der Waals surface area contributed by atoms with Gasteiger partial charge in [0.1, 0.15) is 10.0 Å². The molecule has 5 heteroatoms. The van der Waals surface area contributed by atoms with Crippen LogP contribution in [-0.4, -0.2) is 9.97 Å². The van der Waals surface area contributed by atoms with Gasteiger partial charge in [-0.15, -0.1) is 22.7 Å². The van der Waals surface area contributed by atoms with E-state index >= 15 is 0 Å². The quantitative estimate of drug-likeness (QED) is 0.129. The van der Waals surface area contributed by atoms with Crippen LogP contribution in [0.5, 0.6) is 0 Å². The minimum absolute atomic E-state index is 1.02. The average Bonchev–Trinajstić information content (AvgIpc) is 4.08. The molecule has 0 saturated carbocycles. The lowest BCUT2D eigenvalue weighted by Crippen LogP contribution is -2.10. The second-order valence-electron chi connectivity index (χ2n) is 17.5. The van der Waals surface area contributed by atoms with Gasteiger partial charge in [-0.3, -0.25) is 0 Å². The first kappa shape index (κ1) is 48.5. The number of fused-ring (bicyclic) bond motifs is 2. The van der Waals surface area contributed by atoms with E-state index in [-0.39, 0.29) is 0 Å². The van der Waals surface area contributed by atoms with Crippen LogP contribution in [0.4, 0.5) is 17.1 Å². The van der Waals surface area contributed by atoms with Crippen molar-refractivity contribution < 1.29 is 0 Å². The van der Waals surface area contributed by atoms with Crippen molar-refractivity contribution in [1.82, 2.24) is 9.97 Å². The summed E-state index contributed by atoms with van der Waals surface area (Å²) in [6.45, 7) is 21.8. The molecule has 0 atom stereocenters. The van der Waals surface area contributed by atoms with Gasteiger partial charge in [0.15, 0.2) is 0 Å². The number of para-hydroxylation sites is 2. The topological polar surface area (TPSA) is 29.0 Å². The highest BCUT2D eigenvalue weighted by Crippen LogP contribution is 2.39. The summed E-state index contributed by atoms with van der Waals surface area (Å²) in [6, 6.07) is 72.6. The van der Waals surface area contributed by atoms with E-state index in [9.17, 15) is 0 Å². The van der Waals surface area contributed by atoms with Crippen LogP contribution in [0, 0.1) is 20.8 Å². The monoisotopic (exact) mass is 965 g/mol. The third-order valence-corrected chi connectivity index (χ3v) is 14.6. The molecule has 0 fully saturated rings. The lowest BCUT2D eigenvalue weighted by Gasteiger charge is -2.26. The van der Waals surface area contributed by atoms with Crippen molar-refractivity contribution in [3.05, 3.63) is 272 Å². The molecule has 9 aromatic carbocycles. The van der Waals surface area contributed by atoms with E-state index in [1.54, 1.807) is 22.7 Å². The Bertz CT molecular complexity index is 3590. The fourth-order valence-corrected chi connectivity index (χ4v) is 10.4. The molecule has 11 rings (SSSR count). The molecular formula is C67H55N3S2. The molecule has 350 valence electrons. The fraction of sp³-hybridized carbons (Fsp3) is 0.0448. The maximum Gasteiger partial charge on any atom is 0.124 e. The summed E-state index contributed by atoms with van der Waals surface area (Å²) in [5, 5.41) is 2.12. The number of aromatic nitrogens is 2. The predicted octanol–water partition coefficient (Wildman–Crippen LogP) is 19.9. The Morgan fingerprint density at radius 1 is 0.333 bits per heavy atom. The summed E-state index contributed by atoms with van der Waals surface area (Å²) in [5.74, 6) is 0. The molecule has 0 unspecified atom stereocenters. The Kier molecular flexibility index (Phi) is 15.2. The normalized spacial score (nSPS) is 10.7. The highest BCUT2D eigenvalue weighted by Gasteiger charge is 2.16. The van der Waals surface area contributed by atoms with Crippen LogP contribution in [0.15, 0.2) is 233 Å². The van der Waals surface area contributed by atoms with Gasteiger partial charge in [0.05, 0.1) is 20.4 Å². The molecule has 72 heavy (non-hydrogen) atoms. The first-order valence-corrected chi connectivity index (χ1v) is 25.5. The maximum atomic E-state index is 4.86. The average molecular weight is 966 g/mol. The first-order valence-electron chi connectivity index (χ1n) is 23.9. The van der Waals surface area contributed by atoms with Crippen molar-refractivity contribution in [3.63, 3.8) is 0 Å². The number of nitrogens with zero attached hydrogens (tertiary/aromatic N) is 3. The molecule has 2 aromatic heterocycles. The number of hydrogen-bond donors (Lipinski definition) is 0. The second-order valence-corrected chi connectivity index (χ2v) is 19.5. The number of aryl methyl sites for hydroxylation is 3. The SMILES string of the molecule is C=Cc1ccc(C)cc1C=C.C=Cc1ccc(N(c2ccc(-c3ccc(-c4ccc(C)cc4)cc3)cc2)c2ccc(-c3nc4ccccc4s3)cc2)cc1C=C.Cc1ccc(-c2nc3ccccc3s2)cc1. The van der Waals surface area contributed by atoms with E-state index in [1.165, 1.54) is 53.9 Å². The number of benzene rings is 9. The van der Waals surface area contributed by atoms with Crippen molar-refractivity contribution in [2.45, 2.75) is 20.8 Å². The van der Waals surface area contributed by atoms with Gasteiger partial charge in [0.2, 0.25) is 0 Å². The number of thiazole rings is 2. The number of rotatable bonds is 11. The van der Waals surface area contributed by atoms with Gasteiger partial charge in [-0.05, 0) is 138 Å². The molecule has 0 amide bonds. The molecule has 2 heterocycles. The van der Waals surface area contributed by atoms with Crippen LogP contribution in [0.25, 0.3) is 88.1 Å². The molecule has 0 bridgehead atoms. The van der Waals surface area contributed by atoms with E-state index in [0.29, 0.717) is 0 Å². The molecule has 3 nitrogen and oxygen atoms in total. The zero-order chi connectivity index (χ0) is 50.0. The molecular weight excluding hydrogens is 911 g/mol. The van der Waals surface area contributed by atoms with E-state index in [0.717, 1.165) is 65.9 Å². The van der Waals surface area contributed by atoms with Crippen molar-refractivity contribution in [1.29, 1.82) is 0 Å². The minimum atomic E-state index is 1.02. The predicted molar refractivity (Wildman–Crippen MR) is 317 cm³/mol. The summed E-state index contributed by atoms with van der Waals surface area (Å²) in [5.41, 5.74) is 20.6. The second kappa shape index (κ2) is 22.5. The van der Waals surface area contributed by atoms with Gasteiger partial charge >= 0.3 is 0 Å². The van der Waals surface area contributed by atoms with E-state index in [2.05, 4.69) is 251 Å². The van der Waals surface area contributed by atoms with Crippen LogP contribution in [-0.2, 0) is 0 Å². The van der Waals surface area contributed by atoms with Crippen LogP contribution < -0.4 is 4.90 Å². The van der Waals surface area contributed by atoms with Gasteiger partial charge in [-0.1, -0.05) is 201 Å².